The lowest BCUT2D eigenvalue weighted by atomic mass is 10.3. The van der Waals surface area contributed by atoms with Gasteiger partial charge in [0.1, 0.15) is 0 Å². The minimum absolute atomic E-state index is 0.217. The van der Waals surface area contributed by atoms with Gasteiger partial charge in [0.2, 0.25) is 5.89 Å². The average Bonchev–Trinajstić information content (AvgIpc) is 2.79. The third-order valence-corrected chi connectivity index (χ3v) is 2.45. The van der Waals surface area contributed by atoms with E-state index in [9.17, 15) is 0 Å². The normalized spacial score (nSPS) is 13.4. The van der Waals surface area contributed by atoms with Crippen molar-refractivity contribution in [3.8, 4) is 0 Å². The number of hydrogen-bond acceptors (Lipinski definition) is 5. The molecule has 0 bridgehead atoms. The van der Waals surface area contributed by atoms with Crippen LogP contribution in [-0.2, 0) is 11.2 Å². The first-order chi connectivity index (χ1) is 9.15. The predicted molar refractivity (Wildman–Crippen MR) is 73.2 cm³/mol. The molecule has 0 aliphatic carbocycles. The van der Waals surface area contributed by atoms with Crippen LogP contribution >= 0.6 is 0 Å². The van der Waals surface area contributed by atoms with Crippen LogP contribution in [0.25, 0.3) is 0 Å². The highest BCUT2D eigenvalue weighted by Crippen LogP contribution is 1.98. The van der Waals surface area contributed by atoms with Crippen LogP contribution < -0.4 is 10.6 Å². The first-order valence-electron chi connectivity index (χ1n) is 6.41. The van der Waals surface area contributed by atoms with E-state index in [1.54, 1.807) is 14.2 Å². The lowest BCUT2D eigenvalue weighted by Gasteiger charge is -2.16. The van der Waals surface area contributed by atoms with Gasteiger partial charge in [-0.25, -0.2) is 0 Å². The van der Waals surface area contributed by atoms with Gasteiger partial charge in [-0.05, 0) is 20.3 Å². The Balaban J connectivity index is 2.19. The summed E-state index contributed by atoms with van der Waals surface area (Å²) in [7, 11) is 3.43. The Kier molecular flexibility index (Phi) is 6.88. The third-order valence-electron chi connectivity index (χ3n) is 2.45. The number of methoxy groups -OCH3 is 1. The highest BCUT2D eigenvalue weighted by Gasteiger charge is 2.05. The van der Waals surface area contributed by atoms with Crippen LogP contribution in [0, 0.1) is 6.92 Å². The zero-order valence-electron chi connectivity index (χ0n) is 12.1. The van der Waals surface area contributed by atoms with Crippen LogP contribution in [0.15, 0.2) is 9.52 Å². The standard InChI is InChI=1S/C12H23N5O2/c1-9(8-18-4)15-12(13-3)14-7-5-6-11-16-10(2)17-19-11/h9H,5-8H2,1-4H3,(H2,13,14,15). The topological polar surface area (TPSA) is 84.6 Å². The summed E-state index contributed by atoms with van der Waals surface area (Å²) in [6.45, 7) is 5.29. The predicted octanol–water partition coefficient (Wildman–Crippen LogP) is 0.511. The zero-order chi connectivity index (χ0) is 14.1. The number of aliphatic imine (C=N–C) groups is 1. The first-order valence-corrected chi connectivity index (χ1v) is 6.41. The molecule has 19 heavy (non-hydrogen) atoms. The summed E-state index contributed by atoms with van der Waals surface area (Å²) in [5.74, 6) is 2.12. The molecular formula is C12H23N5O2. The quantitative estimate of drug-likeness (QED) is 0.426. The fourth-order valence-electron chi connectivity index (χ4n) is 1.61. The van der Waals surface area contributed by atoms with Crippen molar-refractivity contribution in [2.45, 2.75) is 32.7 Å². The van der Waals surface area contributed by atoms with Crippen molar-refractivity contribution in [3.63, 3.8) is 0 Å². The summed E-state index contributed by atoms with van der Waals surface area (Å²) in [4.78, 5) is 8.30. The number of ether oxygens (including phenoxy) is 1. The molecule has 2 N–H and O–H groups in total. The number of aryl methyl sites for hydroxylation is 2. The Morgan fingerprint density at radius 3 is 2.89 bits per heavy atom. The molecule has 0 aromatic carbocycles. The highest BCUT2D eigenvalue weighted by molar-refractivity contribution is 5.79. The molecule has 1 heterocycles. The van der Waals surface area contributed by atoms with Crippen molar-refractivity contribution >= 4 is 5.96 Å². The molecule has 1 unspecified atom stereocenters. The van der Waals surface area contributed by atoms with E-state index in [1.807, 2.05) is 13.8 Å². The molecule has 1 aromatic rings. The van der Waals surface area contributed by atoms with Crippen molar-refractivity contribution in [2.75, 3.05) is 27.3 Å². The Labute approximate surface area is 113 Å². The minimum Gasteiger partial charge on any atom is -0.383 e. The van der Waals surface area contributed by atoms with E-state index in [0.717, 1.165) is 25.3 Å². The third kappa shape index (κ3) is 6.19. The highest BCUT2D eigenvalue weighted by atomic mass is 16.5. The molecule has 1 rings (SSSR count). The molecule has 0 saturated heterocycles. The molecule has 0 radical (unpaired) electrons. The molecule has 0 aliphatic heterocycles. The van der Waals surface area contributed by atoms with Gasteiger partial charge in [0, 0.05) is 33.2 Å². The second-order valence-electron chi connectivity index (χ2n) is 4.34. The van der Waals surface area contributed by atoms with Crippen molar-refractivity contribution in [1.82, 2.24) is 20.8 Å². The SMILES string of the molecule is CN=C(NCCCc1nc(C)no1)NC(C)COC. The second kappa shape index (κ2) is 8.47. The van der Waals surface area contributed by atoms with Crippen molar-refractivity contribution in [1.29, 1.82) is 0 Å². The van der Waals surface area contributed by atoms with Gasteiger partial charge < -0.3 is 19.9 Å². The lowest BCUT2D eigenvalue weighted by Crippen LogP contribution is -2.44. The van der Waals surface area contributed by atoms with E-state index in [4.69, 9.17) is 9.26 Å². The molecule has 7 heteroatoms. The molecule has 1 atom stereocenters. The van der Waals surface area contributed by atoms with Crippen LogP contribution in [-0.4, -0.2) is 49.5 Å². The molecule has 0 aliphatic rings. The molecular weight excluding hydrogens is 246 g/mol. The molecule has 7 nitrogen and oxygen atoms in total. The van der Waals surface area contributed by atoms with Gasteiger partial charge in [-0.3, -0.25) is 4.99 Å². The number of nitrogens with zero attached hydrogens (tertiary/aromatic N) is 3. The van der Waals surface area contributed by atoms with Crippen LogP contribution in [0.1, 0.15) is 25.1 Å². The summed E-state index contributed by atoms with van der Waals surface area (Å²) in [5, 5.41) is 10.2. The molecule has 0 saturated carbocycles. The monoisotopic (exact) mass is 269 g/mol. The van der Waals surface area contributed by atoms with Gasteiger partial charge >= 0.3 is 0 Å². The van der Waals surface area contributed by atoms with E-state index in [-0.39, 0.29) is 6.04 Å². The van der Waals surface area contributed by atoms with Crippen molar-refractivity contribution in [3.05, 3.63) is 11.7 Å². The van der Waals surface area contributed by atoms with E-state index < -0.39 is 0 Å². The van der Waals surface area contributed by atoms with Gasteiger partial charge in [0.25, 0.3) is 0 Å². The van der Waals surface area contributed by atoms with Crippen molar-refractivity contribution in [2.24, 2.45) is 4.99 Å². The molecule has 108 valence electrons. The smallest absolute Gasteiger partial charge is 0.226 e. The van der Waals surface area contributed by atoms with Crippen molar-refractivity contribution < 1.29 is 9.26 Å². The molecule has 1 aromatic heterocycles. The summed E-state index contributed by atoms with van der Waals surface area (Å²) in [5.41, 5.74) is 0. The van der Waals surface area contributed by atoms with Gasteiger partial charge in [-0.1, -0.05) is 5.16 Å². The Morgan fingerprint density at radius 1 is 1.53 bits per heavy atom. The first kappa shape index (κ1) is 15.4. The fraction of sp³-hybridized carbons (Fsp3) is 0.750. The number of hydrogen-bond donors (Lipinski definition) is 2. The zero-order valence-corrected chi connectivity index (χ0v) is 12.1. The largest absolute Gasteiger partial charge is 0.383 e. The van der Waals surface area contributed by atoms with Crippen LogP contribution in [0.5, 0.6) is 0 Å². The summed E-state index contributed by atoms with van der Waals surface area (Å²) >= 11 is 0. The molecule has 0 spiro atoms. The number of nitrogens with one attached hydrogen (secondary N) is 2. The van der Waals surface area contributed by atoms with E-state index in [1.165, 1.54) is 0 Å². The second-order valence-corrected chi connectivity index (χ2v) is 4.34. The van der Waals surface area contributed by atoms with Crippen LogP contribution in [0.3, 0.4) is 0 Å². The maximum absolute atomic E-state index is 5.06. The number of aromatic nitrogens is 2. The maximum Gasteiger partial charge on any atom is 0.226 e. The Morgan fingerprint density at radius 2 is 2.32 bits per heavy atom. The summed E-state index contributed by atoms with van der Waals surface area (Å²) in [6.07, 6.45) is 1.67. The average molecular weight is 269 g/mol. The number of rotatable bonds is 7. The van der Waals surface area contributed by atoms with E-state index in [0.29, 0.717) is 18.3 Å². The molecule has 0 fully saturated rings. The summed E-state index contributed by atoms with van der Waals surface area (Å²) < 4.78 is 10.1. The Bertz CT molecular complexity index is 391. The van der Waals surface area contributed by atoms with Gasteiger partial charge in [0.05, 0.1) is 6.61 Å². The van der Waals surface area contributed by atoms with Gasteiger partial charge in [-0.15, -0.1) is 0 Å². The van der Waals surface area contributed by atoms with Gasteiger partial charge in [0.15, 0.2) is 11.8 Å². The van der Waals surface area contributed by atoms with Crippen LogP contribution in [0.4, 0.5) is 0 Å². The lowest BCUT2D eigenvalue weighted by molar-refractivity contribution is 0.179. The van der Waals surface area contributed by atoms with Crippen LogP contribution in [0.2, 0.25) is 0 Å². The fourth-order valence-corrected chi connectivity index (χ4v) is 1.61. The van der Waals surface area contributed by atoms with Gasteiger partial charge in [-0.2, -0.15) is 4.98 Å². The Hall–Kier alpha value is -1.63. The van der Waals surface area contributed by atoms with E-state index in [2.05, 4.69) is 25.8 Å². The summed E-state index contributed by atoms with van der Waals surface area (Å²) in [6, 6.07) is 0.217. The minimum atomic E-state index is 0.217. The maximum atomic E-state index is 5.06. The number of guanidine groups is 1. The van der Waals surface area contributed by atoms with E-state index >= 15 is 0 Å². The molecule has 0 amide bonds.